The summed E-state index contributed by atoms with van der Waals surface area (Å²) in [4.78, 5) is 3.97. The summed E-state index contributed by atoms with van der Waals surface area (Å²) in [7, 11) is 0. The fraction of sp³-hybridized carbons (Fsp3) is 0.750. The van der Waals surface area contributed by atoms with Gasteiger partial charge in [-0.05, 0) is 6.42 Å². The Balaban J connectivity index is 2.42. The van der Waals surface area contributed by atoms with Gasteiger partial charge < -0.3 is 20.1 Å². The Morgan fingerprint density at radius 3 is 3.07 bits per heavy atom. The van der Waals surface area contributed by atoms with Gasteiger partial charge in [-0.2, -0.15) is 4.98 Å². The van der Waals surface area contributed by atoms with Gasteiger partial charge in [-0.3, -0.25) is 0 Å². The minimum atomic E-state index is -0.609. The first-order valence-electron chi connectivity index (χ1n) is 4.54. The topological polar surface area (TPSA) is 94.4 Å². The van der Waals surface area contributed by atoms with Crippen LogP contribution < -0.4 is 5.73 Å². The van der Waals surface area contributed by atoms with Crippen LogP contribution in [0.25, 0.3) is 0 Å². The number of nitrogens with zero attached hydrogens (tertiary/aromatic N) is 2. The third kappa shape index (κ3) is 3.06. The van der Waals surface area contributed by atoms with E-state index in [1.165, 1.54) is 0 Å². The van der Waals surface area contributed by atoms with Crippen molar-refractivity contribution in [3.8, 4) is 0 Å². The Hall–Kier alpha value is -0.980. The number of aromatic nitrogens is 2. The maximum atomic E-state index is 8.73. The van der Waals surface area contributed by atoms with Crippen LogP contribution >= 0.6 is 0 Å². The normalized spacial score (nSPS) is 13.1. The first-order chi connectivity index (χ1) is 6.77. The van der Waals surface area contributed by atoms with Crippen molar-refractivity contribution >= 4 is 0 Å². The molecule has 3 N–H and O–H groups in total. The van der Waals surface area contributed by atoms with Gasteiger partial charge in [-0.25, -0.2) is 0 Å². The van der Waals surface area contributed by atoms with Crippen molar-refractivity contribution in [3.05, 3.63) is 11.7 Å². The number of hydrogen-bond acceptors (Lipinski definition) is 6. The highest BCUT2D eigenvalue weighted by atomic mass is 16.5. The Kier molecular flexibility index (Phi) is 4.51. The second-order valence-corrected chi connectivity index (χ2v) is 2.89. The highest BCUT2D eigenvalue weighted by molar-refractivity contribution is 4.90. The molecule has 0 unspecified atom stereocenters. The molecule has 0 fully saturated rings. The van der Waals surface area contributed by atoms with Crippen molar-refractivity contribution in [1.82, 2.24) is 10.1 Å². The monoisotopic (exact) mass is 201 g/mol. The molecular weight excluding hydrogens is 186 g/mol. The molecule has 14 heavy (non-hydrogen) atoms. The van der Waals surface area contributed by atoms with Crippen LogP contribution in [0, 0.1) is 0 Å². The predicted molar refractivity (Wildman–Crippen MR) is 48.3 cm³/mol. The van der Waals surface area contributed by atoms with E-state index in [0.717, 1.165) is 6.42 Å². The molecule has 0 bridgehead atoms. The minimum absolute atomic E-state index is 0.211. The third-order valence-corrected chi connectivity index (χ3v) is 1.58. The van der Waals surface area contributed by atoms with Crippen molar-refractivity contribution in [1.29, 1.82) is 0 Å². The van der Waals surface area contributed by atoms with E-state index in [9.17, 15) is 0 Å². The highest BCUT2D eigenvalue weighted by Crippen LogP contribution is 2.06. The highest BCUT2D eigenvalue weighted by Gasteiger charge is 2.13. The maximum Gasteiger partial charge on any atom is 0.246 e. The van der Waals surface area contributed by atoms with Gasteiger partial charge in [-0.1, -0.05) is 12.1 Å². The lowest BCUT2D eigenvalue weighted by Crippen LogP contribution is -2.14. The van der Waals surface area contributed by atoms with E-state index in [0.29, 0.717) is 19.0 Å². The van der Waals surface area contributed by atoms with E-state index in [4.69, 9.17) is 20.1 Å². The van der Waals surface area contributed by atoms with Gasteiger partial charge in [0.2, 0.25) is 5.89 Å². The second-order valence-electron chi connectivity index (χ2n) is 2.89. The standard InChI is InChI=1S/C8H15N3O3/c1-2-3-13-5-7-10-8(14-11-7)6(9)4-12/h6,12H,2-5,9H2,1H3/t6-/m1/s1. The van der Waals surface area contributed by atoms with Crippen LogP contribution in [0.3, 0.4) is 0 Å². The molecule has 0 aliphatic carbocycles. The van der Waals surface area contributed by atoms with Crippen LogP contribution in [0.4, 0.5) is 0 Å². The van der Waals surface area contributed by atoms with E-state index in [1.54, 1.807) is 0 Å². The van der Waals surface area contributed by atoms with Crippen molar-refractivity contribution < 1.29 is 14.4 Å². The Labute approximate surface area is 82.1 Å². The molecular formula is C8H15N3O3. The molecule has 6 heteroatoms. The Morgan fingerprint density at radius 2 is 2.43 bits per heavy atom. The summed E-state index contributed by atoms with van der Waals surface area (Å²) in [5.74, 6) is 0.694. The third-order valence-electron chi connectivity index (χ3n) is 1.58. The van der Waals surface area contributed by atoms with Gasteiger partial charge in [0, 0.05) is 6.61 Å². The quantitative estimate of drug-likeness (QED) is 0.628. The number of rotatable bonds is 6. The molecule has 1 heterocycles. The fourth-order valence-electron chi connectivity index (χ4n) is 0.863. The summed E-state index contributed by atoms with van der Waals surface area (Å²) in [5, 5.41) is 12.4. The molecule has 0 aliphatic rings. The molecule has 0 amide bonds. The van der Waals surface area contributed by atoms with Crippen molar-refractivity contribution in [3.63, 3.8) is 0 Å². The largest absolute Gasteiger partial charge is 0.394 e. The zero-order valence-corrected chi connectivity index (χ0v) is 8.14. The molecule has 0 radical (unpaired) electrons. The Bertz CT molecular complexity index is 264. The summed E-state index contributed by atoms with van der Waals surface area (Å²) >= 11 is 0. The lowest BCUT2D eigenvalue weighted by Gasteiger charge is -1.98. The van der Waals surface area contributed by atoms with E-state index in [2.05, 4.69) is 10.1 Å². The zero-order valence-electron chi connectivity index (χ0n) is 8.14. The summed E-state index contributed by atoms with van der Waals surface area (Å²) in [6.45, 7) is 2.78. The van der Waals surface area contributed by atoms with Crippen molar-refractivity contribution in [2.45, 2.75) is 26.0 Å². The lowest BCUT2D eigenvalue weighted by atomic mass is 10.3. The summed E-state index contributed by atoms with van der Waals surface area (Å²) < 4.78 is 10.0. The molecule has 1 rings (SSSR count). The van der Waals surface area contributed by atoms with E-state index >= 15 is 0 Å². The number of nitrogens with two attached hydrogens (primary N) is 1. The van der Waals surface area contributed by atoms with Crippen LogP contribution in [0.1, 0.15) is 31.1 Å². The first kappa shape index (κ1) is 11.1. The molecule has 0 aromatic carbocycles. The van der Waals surface area contributed by atoms with Gasteiger partial charge in [0.25, 0.3) is 0 Å². The van der Waals surface area contributed by atoms with Crippen molar-refractivity contribution in [2.75, 3.05) is 13.2 Å². The molecule has 6 nitrogen and oxygen atoms in total. The average Bonchev–Trinajstić information content (AvgIpc) is 2.66. The van der Waals surface area contributed by atoms with Gasteiger partial charge in [0.15, 0.2) is 5.82 Å². The smallest absolute Gasteiger partial charge is 0.246 e. The van der Waals surface area contributed by atoms with E-state index in [-0.39, 0.29) is 12.5 Å². The SMILES string of the molecule is CCCOCc1noc([C@H](N)CO)n1. The molecule has 1 aromatic heterocycles. The van der Waals surface area contributed by atoms with Gasteiger partial charge in [0.05, 0.1) is 6.61 Å². The molecule has 1 atom stereocenters. The van der Waals surface area contributed by atoms with E-state index < -0.39 is 6.04 Å². The van der Waals surface area contributed by atoms with Crippen LogP contribution in [0.2, 0.25) is 0 Å². The molecule has 0 spiro atoms. The van der Waals surface area contributed by atoms with Crippen molar-refractivity contribution in [2.24, 2.45) is 5.73 Å². The molecule has 0 saturated heterocycles. The minimum Gasteiger partial charge on any atom is -0.394 e. The molecule has 0 aliphatic heterocycles. The molecule has 1 aromatic rings. The summed E-state index contributed by atoms with van der Waals surface area (Å²) in [5.41, 5.74) is 5.48. The molecule has 80 valence electrons. The number of hydrogen-bond donors (Lipinski definition) is 2. The first-order valence-corrected chi connectivity index (χ1v) is 4.54. The number of aliphatic hydroxyl groups is 1. The maximum absolute atomic E-state index is 8.73. The van der Waals surface area contributed by atoms with Crippen LogP contribution in [0.15, 0.2) is 4.52 Å². The average molecular weight is 201 g/mol. The lowest BCUT2D eigenvalue weighted by molar-refractivity contribution is 0.114. The van der Waals surface area contributed by atoms with Crippen LogP contribution in [-0.2, 0) is 11.3 Å². The van der Waals surface area contributed by atoms with E-state index in [1.807, 2.05) is 6.92 Å². The van der Waals surface area contributed by atoms with Crippen LogP contribution in [-0.4, -0.2) is 28.5 Å². The predicted octanol–water partition coefficient (Wildman–Crippen LogP) is -0.0117. The van der Waals surface area contributed by atoms with Gasteiger partial charge in [-0.15, -0.1) is 0 Å². The summed E-state index contributed by atoms with van der Waals surface area (Å²) in [6, 6.07) is -0.609. The molecule has 0 saturated carbocycles. The van der Waals surface area contributed by atoms with Crippen LogP contribution in [0.5, 0.6) is 0 Å². The van der Waals surface area contributed by atoms with Gasteiger partial charge >= 0.3 is 0 Å². The Morgan fingerprint density at radius 1 is 1.64 bits per heavy atom. The van der Waals surface area contributed by atoms with Gasteiger partial charge in [0.1, 0.15) is 12.6 Å². The number of aliphatic hydroxyl groups excluding tert-OH is 1. The fourth-order valence-corrected chi connectivity index (χ4v) is 0.863. The summed E-state index contributed by atoms with van der Waals surface area (Å²) in [6.07, 6.45) is 0.945. The number of ether oxygens (including phenoxy) is 1. The second kappa shape index (κ2) is 5.69. The zero-order chi connectivity index (χ0) is 10.4.